The van der Waals surface area contributed by atoms with Crippen LogP contribution in [0.1, 0.15) is 28.4 Å². The fourth-order valence-corrected chi connectivity index (χ4v) is 2.11. The zero-order chi connectivity index (χ0) is 9.54. The third-order valence-corrected chi connectivity index (χ3v) is 2.78. The lowest BCUT2D eigenvalue weighted by Crippen LogP contribution is -2.28. The summed E-state index contributed by atoms with van der Waals surface area (Å²) in [6, 6.07) is 7.50. The minimum atomic E-state index is -0.215. The van der Waals surface area contributed by atoms with Crippen LogP contribution in [0.25, 0.3) is 0 Å². The summed E-state index contributed by atoms with van der Waals surface area (Å²) in [4.78, 5) is 11.6. The molecule has 0 N–H and O–H groups in total. The molecule has 3 rings (SSSR count). The number of esters is 1. The van der Waals surface area contributed by atoms with Gasteiger partial charge >= 0.3 is 5.97 Å². The van der Waals surface area contributed by atoms with E-state index in [2.05, 4.69) is 0 Å². The van der Waals surface area contributed by atoms with E-state index in [9.17, 15) is 4.79 Å². The summed E-state index contributed by atoms with van der Waals surface area (Å²) < 4.78 is 10.8. The largest absolute Gasteiger partial charge is 0.456 e. The predicted molar refractivity (Wildman–Crippen MR) is 49.0 cm³/mol. The second-order valence-electron chi connectivity index (χ2n) is 3.61. The topological polar surface area (TPSA) is 35.5 Å². The Morgan fingerprint density at radius 1 is 1.29 bits per heavy atom. The first kappa shape index (κ1) is 8.00. The molecule has 0 spiro atoms. The van der Waals surface area contributed by atoms with Crippen LogP contribution in [0.2, 0.25) is 0 Å². The SMILES string of the molecule is O=C1O[C@H]2CCO[C@H]2c2ccccc21. The lowest BCUT2D eigenvalue weighted by Gasteiger charge is -2.26. The quantitative estimate of drug-likeness (QED) is 0.584. The highest BCUT2D eigenvalue weighted by Gasteiger charge is 2.39. The molecule has 1 saturated heterocycles. The van der Waals surface area contributed by atoms with Crippen LogP contribution in [0.5, 0.6) is 0 Å². The van der Waals surface area contributed by atoms with E-state index in [1.807, 2.05) is 18.2 Å². The fraction of sp³-hybridized carbons (Fsp3) is 0.364. The predicted octanol–water partition coefficient (Wildman–Crippen LogP) is 1.69. The van der Waals surface area contributed by atoms with Gasteiger partial charge in [-0.25, -0.2) is 4.79 Å². The Balaban J connectivity index is 2.13. The van der Waals surface area contributed by atoms with E-state index in [-0.39, 0.29) is 18.2 Å². The normalized spacial score (nSPS) is 29.3. The van der Waals surface area contributed by atoms with Crippen LogP contribution in [-0.4, -0.2) is 18.7 Å². The zero-order valence-electron chi connectivity index (χ0n) is 7.60. The zero-order valence-corrected chi connectivity index (χ0v) is 7.60. The molecule has 0 aliphatic carbocycles. The standard InChI is InChI=1S/C11H10O3/c12-11-8-4-2-1-3-7(8)10-9(14-11)5-6-13-10/h1-4,9-10H,5-6H2/t9-,10-/m0/s1. The number of carbonyl (C=O) groups excluding carboxylic acids is 1. The highest BCUT2D eigenvalue weighted by molar-refractivity contribution is 5.92. The maximum absolute atomic E-state index is 11.6. The van der Waals surface area contributed by atoms with Gasteiger partial charge in [0.2, 0.25) is 0 Å². The summed E-state index contributed by atoms with van der Waals surface area (Å²) in [6.07, 6.45) is 0.700. The van der Waals surface area contributed by atoms with Gasteiger partial charge in [-0.05, 0) is 11.6 Å². The first-order valence-corrected chi connectivity index (χ1v) is 4.78. The van der Waals surface area contributed by atoms with Crippen LogP contribution in [-0.2, 0) is 9.47 Å². The van der Waals surface area contributed by atoms with E-state index in [0.29, 0.717) is 12.2 Å². The van der Waals surface area contributed by atoms with Gasteiger partial charge in [0.15, 0.2) is 0 Å². The number of benzene rings is 1. The summed E-state index contributed by atoms with van der Waals surface area (Å²) in [5.41, 5.74) is 1.63. The summed E-state index contributed by atoms with van der Waals surface area (Å²) in [5, 5.41) is 0. The van der Waals surface area contributed by atoms with Gasteiger partial charge in [-0.1, -0.05) is 18.2 Å². The van der Waals surface area contributed by atoms with Gasteiger partial charge in [-0.2, -0.15) is 0 Å². The van der Waals surface area contributed by atoms with Gasteiger partial charge in [0.1, 0.15) is 12.2 Å². The summed E-state index contributed by atoms with van der Waals surface area (Å²) >= 11 is 0. The molecule has 3 heteroatoms. The molecule has 2 aliphatic heterocycles. The van der Waals surface area contributed by atoms with Crippen LogP contribution >= 0.6 is 0 Å². The van der Waals surface area contributed by atoms with Crippen molar-refractivity contribution >= 4 is 5.97 Å². The molecule has 14 heavy (non-hydrogen) atoms. The number of carbonyl (C=O) groups is 1. The number of rotatable bonds is 0. The van der Waals surface area contributed by atoms with Crippen molar-refractivity contribution in [1.29, 1.82) is 0 Å². The Kier molecular flexibility index (Phi) is 1.61. The third-order valence-electron chi connectivity index (χ3n) is 2.78. The van der Waals surface area contributed by atoms with Gasteiger partial charge in [-0.15, -0.1) is 0 Å². The Labute approximate surface area is 81.6 Å². The van der Waals surface area contributed by atoms with Crippen LogP contribution in [0, 0.1) is 0 Å². The second kappa shape index (κ2) is 2.82. The van der Waals surface area contributed by atoms with Crippen LogP contribution in [0.4, 0.5) is 0 Å². The highest BCUT2D eigenvalue weighted by atomic mass is 16.6. The van der Waals surface area contributed by atoms with Gasteiger partial charge in [-0.3, -0.25) is 0 Å². The summed E-state index contributed by atoms with van der Waals surface area (Å²) in [6.45, 7) is 0.678. The third kappa shape index (κ3) is 0.990. The highest BCUT2D eigenvalue weighted by Crippen LogP contribution is 2.37. The minimum absolute atomic E-state index is 0.0381. The maximum Gasteiger partial charge on any atom is 0.338 e. The summed E-state index contributed by atoms with van der Waals surface area (Å²) in [5.74, 6) is -0.215. The second-order valence-corrected chi connectivity index (χ2v) is 3.61. The Bertz CT molecular complexity index is 386. The Morgan fingerprint density at radius 2 is 2.14 bits per heavy atom. The summed E-state index contributed by atoms with van der Waals surface area (Å²) in [7, 11) is 0. The van der Waals surface area contributed by atoms with E-state index in [1.165, 1.54) is 0 Å². The van der Waals surface area contributed by atoms with E-state index in [1.54, 1.807) is 6.07 Å². The molecular formula is C11H10O3. The molecule has 0 unspecified atom stereocenters. The number of hydrogen-bond acceptors (Lipinski definition) is 3. The van der Waals surface area contributed by atoms with Crippen molar-refractivity contribution in [2.45, 2.75) is 18.6 Å². The average molecular weight is 190 g/mol. The first-order valence-electron chi connectivity index (χ1n) is 4.78. The molecule has 0 bridgehead atoms. The van der Waals surface area contributed by atoms with Gasteiger partial charge < -0.3 is 9.47 Å². The molecule has 1 aromatic carbocycles. The van der Waals surface area contributed by atoms with Crippen molar-refractivity contribution in [2.75, 3.05) is 6.61 Å². The maximum atomic E-state index is 11.6. The minimum Gasteiger partial charge on any atom is -0.456 e. The van der Waals surface area contributed by atoms with Gasteiger partial charge in [0, 0.05) is 6.42 Å². The van der Waals surface area contributed by atoms with Crippen molar-refractivity contribution in [3.8, 4) is 0 Å². The monoisotopic (exact) mass is 190 g/mol. The van der Waals surface area contributed by atoms with E-state index >= 15 is 0 Å². The van der Waals surface area contributed by atoms with Crippen molar-refractivity contribution in [3.63, 3.8) is 0 Å². The smallest absolute Gasteiger partial charge is 0.338 e. The molecule has 0 radical (unpaired) electrons. The molecule has 3 nitrogen and oxygen atoms in total. The molecule has 0 aromatic heterocycles. The molecule has 2 aliphatic rings. The first-order chi connectivity index (χ1) is 6.86. The van der Waals surface area contributed by atoms with Crippen molar-refractivity contribution in [3.05, 3.63) is 35.4 Å². The number of fused-ring (bicyclic) bond motifs is 3. The van der Waals surface area contributed by atoms with Gasteiger partial charge in [0.25, 0.3) is 0 Å². The molecule has 1 aromatic rings. The number of ether oxygens (including phenoxy) is 2. The van der Waals surface area contributed by atoms with Crippen LogP contribution in [0.3, 0.4) is 0 Å². The molecule has 2 atom stereocenters. The lowest BCUT2D eigenvalue weighted by atomic mass is 9.96. The molecule has 1 fully saturated rings. The number of hydrogen-bond donors (Lipinski definition) is 0. The molecule has 2 heterocycles. The lowest BCUT2D eigenvalue weighted by molar-refractivity contribution is -0.00967. The van der Waals surface area contributed by atoms with Crippen molar-refractivity contribution < 1.29 is 14.3 Å². The molecule has 72 valence electrons. The van der Waals surface area contributed by atoms with Crippen molar-refractivity contribution in [1.82, 2.24) is 0 Å². The van der Waals surface area contributed by atoms with Crippen LogP contribution in [0.15, 0.2) is 24.3 Å². The molecule has 0 amide bonds. The fourth-order valence-electron chi connectivity index (χ4n) is 2.11. The van der Waals surface area contributed by atoms with E-state index < -0.39 is 0 Å². The van der Waals surface area contributed by atoms with E-state index in [0.717, 1.165) is 12.0 Å². The molecule has 0 saturated carbocycles. The van der Waals surface area contributed by atoms with Crippen LogP contribution < -0.4 is 0 Å². The Hall–Kier alpha value is -1.35. The van der Waals surface area contributed by atoms with Crippen molar-refractivity contribution in [2.24, 2.45) is 0 Å². The van der Waals surface area contributed by atoms with E-state index in [4.69, 9.17) is 9.47 Å². The van der Waals surface area contributed by atoms with Gasteiger partial charge in [0.05, 0.1) is 12.2 Å². The molecular weight excluding hydrogens is 180 g/mol. The Morgan fingerprint density at radius 3 is 3.07 bits per heavy atom. The average Bonchev–Trinajstić information content (AvgIpc) is 2.66.